The van der Waals surface area contributed by atoms with Crippen molar-refractivity contribution in [2.24, 2.45) is 0 Å². The molecular formula is C17H24N2S. The Morgan fingerprint density at radius 1 is 1.05 bits per heavy atom. The average molecular weight is 288 g/mol. The van der Waals surface area contributed by atoms with Gasteiger partial charge in [-0.15, -0.1) is 11.3 Å². The summed E-state index contributed by atoms with van der Waals surface area (Å²) >= 11 is 1.83. The standard InChI is InChI=1S/C17H24N2S/c1-3-19(4-2)16-9-7-15(8-10-16)14-18-12-11-17-6-5-13-20-17/h5-10,13,18H,3-4,11-12,14H2,1-2H3. The molecule has 0 saturated carbocycles. The molecule has 108 valence electrons. The van der Waals surface area contributed by atoms with Crippen molar-refractivity contribution >= 4 is 17.0 Å². The molecule has 0 bridgehead atoms. The van der Waals surface area contributed by atoms with Crippen LogP contribution in [0.2, 0.25) is 0 Å². The summed E-state index contributed by atoms with van der Waals surface area (Å²) in [4.78, 5) is 3.82. The third-order valence-corrected chi connectivity index (χ3v) is 4.46. The Balaban J connectivity index is 1.76. The summed E-state index contributed by atoms with van der Waals surface area (Å²) in [5, 5.41) is 5.65. The number of anilines is 1. The van der Waals surface area contributed by atoms with Gasteiger partial charge in [0.25, 0.3) is 0 Å². The average Bonchev–Trinajstić information content (AvgIpc) is 3.00. The molecule has 0 unspecified atom stereocenters. The highest BCUT2D eigenvalue weighted by Crippen LogP contribution is 2.15. The van der Waals surface area contributed by atoms with Crippen LogP contribution in [0.15, 0.2) is 41.8 Å². The van der Waals surface area contributed by atoms with E-state index < -0.39 is 0 Å². The van der Waals surface area contributed by atoms with Gasteiger partial charge in [0.05, 0.1) is 0 Å². The first-order chi connectivity index (χ1) is 9.83. The van der Waals surface area contributed by atoms with Gasteiger partial charge in [0.15, 0.2) is 0 Å². The maximum atomic E-state index is 3.51. The van der Waals surface area contributed by atoms with Gasteiger partial charge in [0, 0.05) is 36.7 Å². The summed E-state index contributed by atoms with van der Waals surface area (Å²) in [6.07, 6.45) is 1.12. The van der Waals surface area contributed by atoms with Gasteiger partial charge in [0.2, 0.25) is 0 Å². The van der Waals surface area contributed by atoms with E-state index in [-0.39, 0.29) is 0 Å². The van der Waals surface area contributed by atoms with Gasteiger partial charge >= 0.3 is 0 Å². The molecule has 1 heterocycles. The van der Waals surface area contributed by atoms with Crippen molar-refractivity contribution in [1.82, 2.24) is 5.32 Å². The largest absolute Gasteiger partial charge is 0.372 e. The summed E-state index contributed by atoms with van der Waals surface area (Å²) in [5.74, 6) is 0. The number of benzene rings is 1. The fourth-order valence-corrected chi connectivity index (χ4v) is 3.02. The van der Waals surface area contributed by atoms with Crippen LogP contribution in [0.4, 0.5) is 5.69 Å². The number of nitrogens with zero attached hydrogens (tertiary/aromatic N) is 1. The van der Waals surface area contributed by atoms with Gasteiger partial charge in [-0.05, 0) is 49.4 Å². The van der Waals surface area contributed by atoms with Crippen LogP contribution in [0.1, 0.15) is 24.3 Å². The molecular weight excluding hydrogens is 264 g/mol. The van der Waals surface area contributed by atoms with Crippen LogP contribution in [0, 0.1) is 0 Å². The molecule has 0 aliphatic rings. The quantitative estimate of drug-likeness (QED) is 0.741. The molecule has 0 saturated heterocycles. The van der Waals surface area contributed by atoms with E-state index in [2.05, 4.69) is 65.8 Å². The van der Waals surface area contributed by atoms with E-state index >= 15 is 0 Å². The van der Waals surface area contributed by atoms with E-state index in [4.69, 9.17) is 0 Å². The van der Waals surface area contributed by atoms with E-state index in [1.807, 2.05) is 11.3 Å². The zero-order valence-electron chi connectivity index (χ0n) is 12.4. The summed E-state index contributed by atoms with van der Waals surface area (Å²) in [7, 11) is 0. The van der Waals surface area contributed by atoms with Crippen molar-refractivity contribution in [1.29, 1.82) is 0 Å². The predicted octanol–water partition coefficient (Wildman–Crippen LogP) is 3.93. The highest BCUT2D eigenvalue weighted by Gasteiger charge is 2.01. The molecule has 0 fully saturated rings. The first kappa shape index (κ1) is 15.1. The minimum Gasteiger partial charge on any atom is -0.372 e. The number of nitrogens with one attached hydrogen (secondary N) is 1. The van der Waals surface area contributed by atoms with Gasteiger partial charge in [-0.25, -0.2) is 0 Å². The van der Waals surface area contributed by atoms with Crippen LogP contribution in [0.3, 0.4) is 0 Å². The van der Waals surface area contributed by atoms with Crippen molar-refractivity contribution in [3.8, 4) is 0 Å². The second kappa shape index (κ2) is 8.08. The fourth-order valence-electron chi connectivity index (χ4n) is 2.31. The SMILES string of the molecule is CCN(CC)c1ccc(CNCCc2cccs2)cc1. The van der Waals surface area contributed by atoms with E-state index in [0.717, 1.165) is 32.6 Å². The van der Waals surface area contributed by atoms with E-state index in [0.29, 0.717) is 0 Å². The molecule has 2 aromatic rings. The van der Waals surface area contributed by atoms with Crippen LogP contribution in [0.25, 0.3) is 0 Å². The zero-order chi connectivity index (χ0) is 14.2. The normalized spacial score (nSPS) is 10.7. The molecule has 2 rings (SSSR count). The van der Waals surface area contributed by atoms with Crippen molar-refractivity contribution < 1.29 is 0 Å². The maximum absolute atomic E-state index is 3.51. The Labute approximate surface area is 126 Å². The molecule has 0 spiro atoms. The molecule has 1 aromatic carbocycles. The topological polar surface area (TPSA) is 15.3 Å². The molecule has 2 nitrogen and oxygen atoms in total. The van der Waals surface area contributed by atoms with Crippen molar-refractivity contribution in [3.63, 3.8) is 0 Å². The molecule has 1 aromatic heterocycles. The van der Waals surface area contributed by atoms with Gasteiger partial charge in [-0.3, -0.25) is 0 Å². The van der Waals surface area contributed by atoms with Crippen LogP contribution >= 0.6 is 11.3 Å². The molecule has 1 N–H and O–H groups in total. The first-order valence-corrected chi connectivity index (χ1v) is 8.28. The Morgan fingerprint density at radius 2 is 1.80 bits per heavy atom. The lowest BCUT2D eigenvalue weighted by Crippen LogP contribution is -2.21. The lowest BCUT2D eigenvalue weighted by atomic mass is 10.2. The number of hydrogen-bond acceptors (Lipinski definition) is 3. The first-order valence-electron chi connectivity index (χ1n) is 7.40. The Kier molecular flexibility index (Phi) is 6.09. The van der Waals surface area contributed by atoms with E-state index in [1.165, 1.54) is 16.1 Å². The minimum atomic E-state index is 0.948. The highest BCUT2D eigenvalue weighted by atomic mass is 32.1. The lowest BCUT2D eigenvalue weighted by molar-refractivity contribution is 0.690. The summed E-state index contributed by atoms with van der Waals surface area (Å²) < 4.78 is 0. The van der Waals surface area contributed by atoms with Crippen LogP contribution < -0.4 is 10.2 Å². The second-order valence-corrected chi connectivity index (χ2v) is 5.88. The fraction of sp³-hybridized carbons (Fsp3) is 0.412. The maximum Gasteiger partial charge on any atom is 0.0366 e. The van der Waals surface area contributed by atoms with E-state index in [1.54, 1.807) is 0 Å². The molecule has 0 aliphatic heterocycles. The van der Waals surface area contributed by atoms with Crippen LogP contribution in [-0.4, -0.2) is 19.6 Å². The summed E-state index contributed by atoms with van der Waals surface area (Å²) in [6.45, 7) is 8.51. The molecule has 0 atom stereocenters. The molecule has 3 heteroatoms. The number of hydrogen-bond donors (Lipinski definition) is 1. The van der Waals surface area contributed by atoms with Crippen LogP contribution in [0.5, 0.6) is 0 Å². The van der Waals surface area contributed by atoms with Crippen molar-refractivity contribution in [2.45, 2.75) is 26.8 Å². The zero-order valence-corrected chi connectivity index (χ0v) is 13.2. The van der Waals surface area contributed by atoms with Crippen molar-refractivity contribution in [2.75, 3.05) is 24.5 Å². The molecule has 0 aliphatic carbocycles. The third kappa shape index (κ3) is 4.36. The Hall–Kier alpha value is -1.32. The van der Waals surface area contributed by atoms with Gasteiger partial charge < -0.3 is 10.2 Å². The Morgan fingerprint density at radius 3 is 2.40 bits per heavy atom. The molecule has 20 heavy (non-hydrogen) atoms. The highest BCUT2D eigenvalue weighted by molar-refractivity contribution is 7.09. The van der Waals surface area contributed by atoms with Gasteiger partial charge in [-0.1, -0.05) is 18.2 Å². The van der Waals surface area contributed by atoms with Crippen LogP contribution in [-0.2, 0) is 13.0 Å². The van der Waals surface area contributed by atoms with E-state index in [9.17, 15) is 0 Å². The van der Waals surface area contributed by atoms with Gasteiger partial charge in [-0.2, -0.15) is 0 Å². The lowest BCUT2D eigenvalue weighted by Gasteiger charge is -2.21. The second-order valence-electron chi connectivity index (χ2n) is 4.84. The number of thiophene rings is 1. The monoisotopic (exact) mass is 288 g/mol. The van der Waals surface area contributed by atoms with Crippen molar-refractivity contribution in [3.05, 3.63) is 52.2 Å². The summed E-state index contributed by atoms with van der Waals surface area (Å²) in [5.41, 5.74) is 2.67. The van der Waals surface area contributed by atoms with Gasteiger partial charge in [0.1, 0.15) is 0 Å². The Bertz CT molecular complexity index is 472. The smallest absolute Gasteiger partial charge is 0.0366 e. The molecule has 0 radical (unpaired) electrons. The molecule has 0 amide bonds. The predicted molar refractivity (Wildman–Crippen MR) is 89.7 cm³/mol. The number of rotatable bonds is 8. The minimum absolute atomic E-state index is 0.948. The third-order valence-electron chi connectivity index (χ3n) is 3.52. The summed E-state index contributed by atoms with van der Waals surface area (Å²) in [6, 6.07) is 13.2.